The van der Waals surface area contributed by atoms with E-state index in [1.807, 2.05) is 13.8 Å². The van der Waals surface area contributed by atoms with E-state index in [9.17, 15) is 13.2 Å². The van der Waals surface area contributed by atoms with Gasteiger partial charge < -0.3 is 0 Å². The van der Waals surface area contributed by atoms with Crippen LogP contribution in [0, 0.1) is 13.8 Å². The molecule has 0 atom stereocenters. The number of rotatable bonds is 5. The van der Waals surface area contributed by atoms with Crippen molar-refractivity contribution in [2.45, 2.75) is 25.4 Å². The van der Waals surface area contributed by atoms with Crippen LogP contribution in [0.25, 0.3) is 11.3 Å². The van der Waals surface area contributed by atoms with Gasteiger partial charge in [-0.3, -0.25) is 0 Å². The van der Waals surface area contributed by atoms with E-state index in [1.54, 1.807) is 23.6 Å². The molecule has 0 saturated heterocycles. The average molecular weight is 330 g/mol. The number of nitrogens with zero attached hydrogens (tertiary/aromatic N) is 2. The summed E-state index contributed by atoms with van der Waals surface area (Å²) in [5.41, 5.74) is 1.84. The summed E-state index contributed by atoms with van der Waals surface area (Å²) in [4.78, 5) is 10.8. The number of aryl methyl sites for hydroxylation is 2. The van der Waals surface area contributed by atoms with Crippen LogP contribution in [0.3, 0.4) is 0 Å². The molecule has 0 aliphatic rings. The number of allylic oxidation sites excluding steroid dienone is 1. The summed E-state index contributed by atoms with van der Waals surface area (Å²) in [7, 11) is 0. The smallest absolute Gasteiger partial charge is 0.231 e. The maximum Gasteiger partial charge on any atom is 0.301 e. The highest BCUT2D eigenvalue weighted by Gasteiger charge is 2.10. The van der Waals surface area contributed by atoms with Gasteiger partial charge >= 0.3 is 6.08 Å². The number of hydrogen-bond donors (Lipinski definition) is 0. The van der Waals surface area contributed by atoms with Crippen molar-refractivity contribution in [2.24, 2.45) is 0 Å². The summed E-state index contributed by atoms with van der Waals surface area (Å²) in [5, 5.41) is 0.461. The van der Waals surface area contributed by atoms with Crippen molar-refractivity contribution < 1.29 is 13.2 Å². The van der Waals surface area contributed by atoms with E-state index in [4.69, 9.17) is 0 Å². The Labute approximate surface area is 129 Å². The summed E-state index contributed by atoms with van der Waals surface area (Å²) in [6.45, 7) is 4.05. The first-order valence-corrected chi connectivity index (χ1v) is 8.00. The third-order valence-electron chi connectivity index (χ3n) is 2.71. The molecule has 0 aliphatic heterocycles. The van der Waals surface area contributed by atoms with E-state index >= 15 is 0 Å². The minimum Gasteiger partial charge on any atom is -0.231 e. The van der Waals surface area contributed by atoms with Crippen molar-refractivity contribution >= 4 is 23.1 Å². The molecule has 0 aromatic carbocycles. The summed E-state index contributed by atoms with van der Waals surface area (Å²) in [6.07, 6.45) is -0.953. The highest BCUT2D eigenvalue weighted by atomic mass is 32.2. The molecule has 0 unspecified atom stereocenters. The van der Waals surface area contributed by atoms with Gasteiger partial charge in [-0.15, -0.1) is 11.3 Å². The van der Waals surface area contributed by atoms with Gasteiger partial charge in [-0.1, -0.05) is 11.8 Å². The van der Waals surface area contributed by atoms with Crippen LogP contribution in [-0.2, 0) is 0 Å². The van der Waals surface area contributed by atoms with Gasteiger partial charge in [-0.2, -0.15) is 8.78 Å². The molecule has 0 saturated carbocycles. The van der Waals surface area contributed by atoms with Crippen LogP contribution in [-0.4, -0.2) is 15.7 Å². The van der Waals surface area contributed by atoms with Crippen LogP contribution in [0.15, 0.2) is 35.4 Å². The number of thioether (sulfide) groups is 1. The Morgan fingerprint density at radius 2 is 2.05 bits per heavy atom. The Hall–Kier alpha value is -1.34. The molecule has 0 aliphatic carbocycles. The lowest BCUT2D eigenvalue weighted by atomic mass is 10.2. The minimum atomic E-state index is -2.25. The first-order chi connectivity index (χ1) is 9.97. The minimum absolute atomic E-state index is 0.175. The second-order valence-corrected chi connectivity index (χ2v) is 6.84. The first kappa shape index (κ1) is 16.0. The topological polar surface area (TPSA) is 25.8 Å². The van der Waals surface area contributed by atoms with Crippen LogP contribution < -0.4 is 0 Å². The lowest BCUT2D eigenvalue weighted by molar-refractivity contribution is 0.373. The van der Waals surface area contributed by atoms with Gasteiger partial charge in [0.15, 0.2) is 11.0 Å². The van der Waals surface area contributed by atoms with E-state index < -0.39 is 11.9 Å². The van der Waals surface area contributed by atoms with Gasteiger partial charge in [-0.05, 0) is 26.0 Å². The van der Waals surface area contributed by atoms with Gasteiger partial charge in [0.05, 0.1) is 5.69 Å². The number of thiophene rings is 1. The number of hydrogen-bond acceptors (Lipinski definition) is 4. The molecule has 2 aromatic heterocycles. The fourth-order valence-electron chi connectivity index (χ4n) is 1.77. The predicted molar refractivity (Wildman–Crippen MR) is 80.5 cm³/mol. The van der Waals surface area contributed by atoms with E-state index in [-0.39, 0.29) is 12.2 Å². The van der Waals surface area contributed by atoms with Crippen LogP contribution in [0.5, 0.6) is 0 Å². The SMILES string of the molecule is Cc1cc(-c2ccnc(SCCC(F)=C(F)F)n2)c(C)s1. The van der Waals surface area contributed by atoms with Crippen molar-refractivity contribution in [1.29, 1.82) is 0 Å². The van der Waals surface area contributed by atoms with Crippen molar-refractivity contribution in [3.05, 3.63) is 40.0 Å². The zero-order valence-corrected chi connectivity index (χ0v) is 13.1. The molecule has 2 nitrogen and oxygen atoms in total. The highest BCUT2D eigenvalue weighted by molar-refractivity contribution is 7.99. The standard InChI is InChI=1S/C14H13F3N2S2/c1-8-7-10(9(2)21-8)12-3-5-18-14(19-12)20-6-4-11(15)13(16)17/h3,5,7H,4,6H2,1-2H3. The summed E-state index contributed by atoms with van der Waals surface area (Å²) in [6, 6.07) is 3.86. The maximum absolute atomic E-state index is 12.7. The Morgan fingerprint density at radius 3 is 2.67 bits per heavy atom. The molecule has 0 N–H and O–H groups in total. The van der Waals surface area contributed by atoms with Crippen LogP contribution >= 0.6 is 23.1 Å². The number of aromatic nitrogens is 2. The molecule has 0 radical (unpaired) electrons. The van der Waals surface area contributed by atoms with E-state index in [2.05, 4.69) is 16.0 Å². The summed E-state index contributed by atoms with van der Waals surface area (Å²) >= 11 is 2.85. The Kier molecular flexibility index (Phi) is 5.41. The molecule has 0 spiro atoms. The van der Waals surface area contributed by atoms with Crippen LogP contribution in [0.2, 0.25) is 0 Å². The molecule has 0 bridgehead atoms. The molecule has 112 valence electrons. The molecule has 2 aromatic rings. The third kappa shape index (κ3) is 4.31. The molecular weight excluding hydrogens is 317 g/mol. The molecule has 2 rings (SSSR count). The second-order valence-electron chi connectivity index (χ2n) is 4.32. The Morgan fingerprint density at radius 1 is 1.29 bits per heavy atom. The van der Waals surface area contributed by atoms with E-state index in [1.165, 1.54) is 4.88 Å². The normalized spacial score (nSPS) is 10.7. The van der Waals surface area contributed by atoms with Crippen molar-refractivity contribution in [1.82, 2.24) is 9.97 Å². The Bertz CT molecular complexity index is 664. The highest BCUT2D eigenvalue weighted by Crippen LogP contribution is 2.30. The van der Waals surface area contributed by atoms with Gasteiger partial charge in [-0.25, -0.2) is 14.4 Å². The Balaban J connectivity index is 2.08. The fraction of sp³-hybridized carbons (Fsp3) is 0.286. The fourth-order valence-corrected chi connectivity index (χ4v) is 3.47. The zero-order valence-electron chi connectivity index (χ0n) is 11.5. The molecule has 2 heterocycles. The average Bonchev–Trinajstić information content (AvgIpc) is 2.78. The van der Waals surface area contributed by atoms with E-state index in [0.717, 1.165) is 27.9 Å². The molecule has 0 amide bonds. The van der Waals surface area contributed by atoms with Crippen LogP contribution in [0.4, 0.5) is 13.2 Å². The summed E-state index contributed by atoms with van der Waals surface area (Å²) in [5.74, 6) is -1.20. The van der Waals surface area contributed by atoms with Gasteiger partial charge in [0.1, 0.15) is 0 Å². The quantitative estimate of drug-likeness (QED) is 0.543. The molecule has 21 heavy (non-hydrogen) atoms. The van der Waals surface area contributed by atoms with Crippen molar-refractivity contribution in [3.8, 4) is 11.3 Å². The largest absolute Gasteiger partial charge is 0.301 e. The third-order valence-corrected chi connectivity index (χ3v) is 4.54. The number of halogens is 3. The molecule has 0 fully saturated rings. The monoisotopic (exact) mass is 330 g/mol. The second kappa shape index (κ2) is 7.09. The zero-order chi connectivity index (χ0) is 15.4. The van der Waals surface area contributed by atoms with Gasteiger partial charge in [0.25, 0.3) is 0 Å². The molecular formula is C14H13F3N2S2. The van der Waals surface area contributed by atoms with Crippen molar-refractivity contribution in [3.63, 3.8) is 0 Å². The summed E-state index contributed by atoms with van der Waals surface area (Å²) < 4.78 is 36.6. The van der Waals surface area contributed by atoms with Crippen LogP contribution in [0.1, 0.15) is 16.2 Å². The van der Waals surface area contributed by atoms with Crippen molar-refractivity contribution in [2.75, 3.05) is 5.75 Å². The lowest BCUT2D eigenvalue weighted by Gasteiger charge is -2.03. The molecule has 7 heteroatoms. The van der Waals surface area contributed by atoms with E-state index in [0.29, 0.717) is 5.16 Å². The lowest BCUT2D eigenvalue weighted by Crippen LogP contribution is -1.91. The van der Waals surface area contributed by atoms with Gasteiger partial charge in [0.2, 0.25) is 0 Å². The first-order valence-electron chi connectivity index (χ1n) is 6.20. The predicted octanol–water partition coefficient (Wildman–Crippen LogP) is 5.38. The maximum atomic E-state index is 12.7. The van der Waals surface area contributed by atoms with Gasteiger partial charge in [0, 0.05) is 33.7 Å².